The molecule has 3 N–H and O–H groups in total. The molecular formula is C12H13N3OS. The van der Waals surface area contributed by atoms with E-state index in [0.29, 0.717) is 17.8 Å². The highest BCUT2D eigenvalue weighted by molar-refractivity contribution is 7.09. The van der Waals surface area contributed by atoms with Gasteiger partial charge in [0.1, 0.15) is 5.01 Å². The van der Waals surface area contributed by atoms with Gasteiger partial charge in [-0.05, 0) is 18.6 Å². The second kappa shape index (κ2) is 4.97. The van der Waals surface area contributed by atoms with Crippen molar-refractivity contribution in [2.45, 2.75) is 13.5 Å². The molecule has 1 heterocycles. The summed E-state index contributed by atoms with van der Waals surface area (Å²) in [7, 11) is 0. The van der Waals surface area contributed by atoms with Crippen molar-refractivity contribution >= 4 is 22.9 Å². The molecule has 0 aliphatic heterocycles. The first-order valence-corrected chi connectivity index (χ1v) is 6.08. The average Bonchev–Trinajstić information content (AvgIpc) is 2.82. The van der Waals surface area contributed by atoms with Gasteiger partial charge < -0.3 is 11.1 Å². The third-order valence-electron chi connectivity index (χ3n) is 2.45. The predicted octanol–water partition coefficient (Wildman–Crippen LogP) is 1.96. The molecule has 0 unspecified atom stereocenters. The van der Waals surface area contributed by atoms with Crippen LogP contribution in [0.15, 0.2) is 29.8 Å². The highest BCUT2D eigenvalue weighted by Crippen LogP contribution is 2.16. The van der Waals surface area contributed by atoms with Gasteiger partial charge in [-0.15, -0.1) is 11.3 Å². The van der Waals surface area contributed by atoms with E-state index in [1.165, 1.54) is 11.3 Å². The fourth-order valence-corrected chi connectivity index (χ4v) is 2.03. The Morgan fingerprint density at radius 1 is 1.53 bits per heavy atom. The molecule has 17 heavy (non-hydrogen) atoms. The summed E-state index contributed by atoms with van der Waals surface area (Å²) in [6.45, 7) is 2.32. The topological polar surface area (TPSA) is 68.0 Å². The van der Waals surface area contributed by atoms with Crippen molar-refractivity contribution in [3.63, 3.8) is 0 Å². The number of benzene rings is 1. The molecule has 2 aromatic rings. The zero-order valence-electron chi connectivity index (χ0n) is 9.43. The van der Waals surface area contributed by atoms with E-state index in [1.54, 1.807) is 12.3 Å². The first-order chi connectivity index (χ1) is 8.18. The van der Waals surface area contributed by atoms with Crippen molar-refractivity contribution < 1.29 is 4.79 Å². The Morgan fingerprint density at radius 3 is 3.06 bits per heavy atom. The van der Waals surface area contributed by atoms with Crippen LogP contribution in [0, 0.1) is 6.92 Å². The molecule has 88 valence electrons. The SMILES string of the molecule is Cc1cccc(C(=O)NCc2nccs2)c1N. The number of aromatic nitrogens is 1. The number of nitrogens with one attached hydrogen (secondary N) is 1. The molecule has 0 spiro atoms. The van der Waals surface area contributed by atoms with E-state index in [0.717, 1.165) is 10.6 Å². The van der Waals surface area contributed by atoms with Gasteiger partial charge >= 0.3 is 0 Å². The van der Waals surface area contributed by atoms with E-state index in [-0.39, 0.29) is 5.91 Å². The van der Waals surface area contributed by atoms with Gasteiger partial charge in [-0.25, -0.2) is 4.98 Å². The summed E-state index contributed by atoms with van der Waals surface area (Å²) >= 11 is 1.51. The number of aryl methyl sites for hydroxylation is 1. The number of thiazole rings is 1. The Labute approximate surface area is 103 Å². The summed E-state index contributed by atoms with van der Waals surface area (Å²) in [6.07, 6.45) is 1.72. The van der Waals surface area contributed by atoms with Crippen LogP contribution >= 0.6 is 11.3 Å². The number of nitrogens with zero attached hydrogens (tertiary/aromatic N) is 1. The Morgan fingerprint density at radius 2 is 2.35 bits per heavy atom. The molecule has 1 aromatic carbocycles. The Bertz CT molecular complexity index is 523. The third kappa shape index (κ3) is 2.62. The van der Waals surface area contributed by atoms with Crippen molar-refractivity contribution in [3.05, 3.63) is 45.9 Å². The van der Waals surface area contributed by atoms with E-state index in [4.69, 9.17) is 5.73 Å². The van der Waals surface area contributed by atoms with Gasteiger partial charge in [0.2, 0.25) is 0 Å². The minimum Gasteiger partial charge on any atom is -0.398 e. The quantitative estimate of drug-likeness (QED) is 0.815. The molecule has 0 atom stereocenters. The van der Waals surface area contributed by atoms with Crippen LogP contribution in [0.1, 0.15) is 20.9 Å². The lowest BCUT2D eigenvalue weighted by Gasteiger charge is -2.08. The molecule has 0 saturated heterocycles. The van der Waals surface area contributed by atoms with Crippen molar-refractivity contribution in [1.82, 2.24) is 10.3 Å². The number of nitrogens with two attached hydrogens (primary N) is 1. The van der Waals surface area contributed by atoms with Gasteiger partial charge in [0.05, 0.1) is 12.1 Å². The van der Waals surface area contributed by atoms with Crippen LogP contribution < -0.4 is 11.1 Å². The Balaban J connectivity index is 2.07. The normalized spacial score (nSPS) is 10.2. The standard InChI is InChI=1S/C12H13N3OS/c1-8-3-2-4-9(11(8)13)12(16)15-7-10-14-5-6-17-10/h2-6H,7,13H2,1H3,(H,15,16). The molecule has 0 fully saturated rings. The number of para-hydroxylation sites is 1. The van der Waals surface area contributed by atoms with Crippen molar-refractivity contribution in [2.24, 2.45) is 0 Å². The second-order valence-corrected chi connectivity index (χ2v) is 4.62. The van der Waals surface area contributed by atoms with Gasteiger partial charge in [-0.3, -0.25) is 4.79 Å². The molecule has 0 saturated carbocycles. The molecule has 4 nitrogen and oxygen atoms in total. The lowest BCUT2D eigenvalue weighted by Crippen LogP contribution is -2.23. The zero-order valence-corrected chi connectivity index (χ0v) is 10.3. The monoisotopic (exact) mass is 247 g/mol. The third-order valence-corrected chi connectivity index (χ3v) is 3.23. The smallest absolute Gasteiger partial charge is 0.253 e. The van der Waals surface area contributed by atoms with E-state index in [9.17, 15) is 4.79 Å². The number of amides is 1. The van der Waals surface area contributed by atoms with E-state index < -0.39 is 0 Å². The zero-order chi connectivity index (χ0) is 12.3. The number of hydrogen-bond donors (Lipinski definition) is 2. The highest BCUT2D eigenvalue weighted by atomic mass is 32.1. The predicted molar refractivity (Wildman–Crippen MR) is 68.9 cm³/mol. The minimum atomic E-state index is -0.165. The maximum Gasteiger partial charge on any atom is 0.253 e. The molecule has 1 aromatic heterocycles. The number of nitrogen functional groups attached to an aromatic ring is 1. The van der Waals surface area contributed by atoms with Crippen LogP contribution in [-0.2, 0) is 6.54 Å². The second-order valence-electron chi connectivity index (χ2n) is 3.64. The molecular weight excluding hydrogens is 234 g/mol. The summed E-state index contributed by atoms with van der Waals surface area (Å²) in [4.78, 5) is 16.0. The van der Waals surface area contributed by atoms with Crippen LogP contribution in [-0.4, -0.2) is 10.9 Å². The summed E-state index contributed by atoms with van der Waals surface area (Å²) in [5, 5.41) is 5.56. The molecule has 1 amide bonds. The van der Waals surface area contributed by atoms with E-state index >= 15 is 0 Å². The maximum atomic E-state index is 11.9. The highest BCUT2D eigenvalue weighted by Gasteiger charge is 2.10. The van der Waals surface area contributed by atoms with Gasteiger partial charge in [-0.2, -0.15) is 0 Å². The largest absolute Gasteiger partial charge is 0.398 e. The first kappa shape index (κ1) is 11.6. The Hall–Kier alpha value is -1.88. The van der Waals surface area contributed by atoms with Crippen molar-refractivity contribution in [2.75, 3.05) is 5.73 Å². The number of hydrogen-bond acceptors (Lipinski definition) is 4. The number of rotatable bonds is 3. The maximum absolute atomic E-state index is 11.9. The van der Waals surface area contributed by atoms with E-state index in [2.05, 4.69) is 10.3 Å². The van der Waals surface area contributed by atoms with Crippen LogP contribution in [0.5, 0.6) is 0 Å². The summed E-state index contributed by atoms with van der Waals surface area (Å²) in [5.41, 5.74) is 7.81. The van der Waals surface area contributed by atoms with Crippen LogP contribution in [0.3, 0.4) is 0 Å². The minimum absolute atomic E-state index is 0.165. The molecule has 0 bridgehead atoms. The summed E-state index contributed by atoms with van der Waals surface area (Å²) < 4.78 is 0. The summed E-state index contributed by atoms with van der Waals surface area (Å²) in [6, 6.07) is 5.43. The van der Waals surface area contributed by atoms with Gasteiger partial charge in [0.25, 0.3) is 5.91 Å². The van der Waals surface area contributed by atoms with Crippen LogP contribution in [0.25, 0.3) is 0 Å². The van der Waals surface area contributed by atoms with Gasteiger partial charge in [0, 0.05) is 17.3 Å². The average molecular weight is 247 g/mol. The fourth-order valence-electron chi connectivity index (χ4n) is 1.47. The van der Waals surface area contributed by atoms with Crippen LogP contribution in [0.4, 0.5) is 5.69 Å². The molecule has 2 rings (SSSR count). The molecule has 5 heteroatoms. The number of anilines is 1. The lowest BCUT2D eigenvalue weighted by atomic mass is 10.1. The van der Waals surface area contributed by atoms with Crippen LogP contribution in [0.2, 0.25) is 0 Å². The molecule has 0 radical (unpaired) electrons. The lowest BCUT2D eigenvalue weighted by molar-refractivity contribution is 0.0951. The fraction of sp³-hybridized carbons (Fsp3) is 0.167. The summed E-state index contributed by atoms with van der Waals surface area (Å²) in [5.74, 6) is -0.165. The van der Waals surface area contributed by atoms with Gasteiger partial charge in [0.15, 0.2) is 0 Å². The number of carbonyl (C=O) groups excluding carboxylic acids is 1. The first-order valence-electron chi connectivity index (χ1n) is 5.20. The molecule has 0 aliphatic carbocycles. The Kier molecular flexibility index (Phi) is 3.39. The van der Waals surface area contributed by atoms with Gasteiger partial charge in [-0.1, -0.05) is 12.1 Å². The van der Waals surface area contributed by atoms with E-state index in [1.807, 2.05) is 24.4 Å². The van der Waals surface area contributed by atoms with Crippen molar-refractivity contribution in [3.8, 4) is 0 Å². The van der Waals surface area contributed by atoms with Crippen molar-refractivity contribution in [1.29, 1.82) is 0 Å². The number of carbonyl (C=O) groups is 1. The molecule has 0 aliphatic rings.